The molecular weight excluding hydrogens is 246 g/mol. The number of nitrogens with one attached hydrogen (secondary N) is 1. The summed E-state index contributed by atoms with van der Waals surface area (Å²) in [5.41, 5.74) is 5.28. The quantitative estimate of drug-likeness (QED) is 0.703. The molecule has 6 heteroatoms. The van der Waals surface area contributed by atoms with Crippen molar-refractivity contribution < 1.29 is 14.3 Å². The molecule has 0 radical (unpaired) electrons. The van der Waals surface area contributed by atoms with Gasteiger partial charge in [-0.3, -0.25) is 9.59 Å². The van der Waals surface area contributed by atoms with Gasteiger partial charge in [0.05, 0.1) is 18.6 Å². The fraction of sp³-hybridized carbons (Fsp3) is 0.846. The van der Waals surface area contributed by atoms with Gasteiger partial charge < -0.3 is 20.7 Å². The van der Waals surface area contributed by atoms with Crippen molar-refractivity contribution in [1.82, 2.24) is 10.2 Å². The van der Waals surface area contributed by atoms with E-state index in [2.05, 4.69) is 5.32 Å². The van der Waals surface area contributed by atoms with Crippen LogP contribution in [-0.2, 0) is 14.3 Å². The third-order valence-corrected chi connectivity index (χ3v) is 4.01. The Morgan fingerprint density at radius 1 is 1.42 bits per heavy atom. The zero-order valence-corrected chi connectivity index (χ0v) is 11.4. The van der Waals surface area contributed by atoms with Gasteiger partial charge in [0.1, 0.15) is 0 Å². The minimum absolute atomic E-state index is 0.0120. The highest BCUT2D eigenvalue weighted by atomic mass is 16.5. The van der Waals surface area contributed by atoms with Gasteiger partial charge in [-0.1, -0.05) is 6.92 Å². The van der Waals surface area contributed by atoms with Gasteiger partial charge >= 0.3 is 0 Å². The Labute approximate surface area is 113 Å². The number of ether oxygens (including phenoxy) is 1. The van der Waals surface area contributed by atoms with E-state index < -0.39 is 5.91 Å². The molecule has 2 rings (SSSR count). The van der Waals surface area contributed by atoms with Crippen LogP contribution in [0, 0.1) is 5.92 Å². The van der Waals surface area contributed by atoms with E-state index in [0.29, 0.717) is 6.61 Å². The first-order valence-corrected chi connectivity index (χ1v) is 7.04. The molecule has 2 aliphatic heterocycles. The number of carbonyl (C=O) groups excluding carboxylic acids is 2. The molecule has 2 aliphatic rings. The topological polar surface area (TPSA) is 84.7 Å². The lowest BCUT2D eigenvalue weighted by molar-refractivity contribution is -0.142. The van der Waals surface area contributed by atoms with E-state index in [-0.39, 0.29) is 30.5 Å². The van der Waals surface area contributed by atoms with Crippen LogP contribution in [0.1, 0.15) is 26.2 Å². The summed E-state index contributed by atoms with van der Waals surface area (Å²) in [6.45, 7) is 4.28. The fourth-order valence-electron chi connectivity index (χ4n) is 3.01. The molecule has 0 aromatic carbocycles. The van der Waals surface area contributed by atoms with E-state index in [9.17, 15) is 9.59 Å². The van der Waals surface area contributed by atoms with E-state index in [1.54, 1.807) is 4.90 Å². The smallest absolute Gasteiger partial charge is 0.237 e. The van der Waals surface area contributed by atoms with Crippen molar-refractivity contribution in [1.29, 1.82) is 0 Å². The lowest BCUT2D eigenvalue weighted by atomic mass is 9.97. The average Bonchev–Trinajstić information content (AvgIpc) is 3.05. The predicted octanol–water partition coefficient (Wildman–Crippen LogP) is -0.523. The van der Waals surface area contributed by atoms with Crippen LogP contribution in [0.5, 0.6) is 0 Å². The molecule has 3 N–H and O–H groups in total. The monoisotopic (exact) mass is 269 g/mol. The second-order valence-electron chi connectivity index (χ2n) is 5.29. The first kappa shape index (κ1) is 14.3. The number of hydrogen-bond donors (Lipinski definition) is 2. The van der Waals surface area contributed by atoms with Gasteiger partial charge in [0.15, 0.2) is 0 Å². The van der Waals surface area contributed by atoms with Gasteiger partial charge in [0.2, 0.25) is 11.8 Å². The maximum absolute atomic E-state index is 12.6. The summed E-state index contributed by atoms with van der Waals surface area (Å²) >= 11 is 0. The van der Waals surface area contributed by atoms with Crippen LogP contribution < -0.4 is 11.1 Å². The molecule has 2 saturated heterocycles. The average molecular weight is 269 g/mol. The van der Waals surface area contributed by atoms with Crippen molar-refractivity contribution >= 4 is 11.8 Å². The zero-order chi connectivity index (χ0) is 13.8. The molecule has 0 aromatic rings. The molecule has 6 nitrogen and oxygen atoms in total. The number of carbonyl (C=O) groups is 2. The molecular formula is C13H23N3O3. The van der Waals surface area contributed by atoms with Crippen LogP contribution in [0.15, 0.2) is 0 Å². The van der Waals surface area contributed by atoms with E-state index >= 15 is 0 Å². The summed E-state index contributed by atoms with van der Waals surface area (Å²) in [6, 6.07) is 0.0816. The van der Waals surface area contributed by atoms with Crippen molar-refractivity contribution in [2.24, 2.45) is 11.7 Å². The minimum atomic E-state index is -0.452. The van der Waals surface area contributed by atoms with Gasteiger partial charge in [-0.25, -0.2) is 0 Å². The van der Waals surface area contributed by atoms with Crippen molar-refractivity contribution in [3.63, 3.8) is 0 Å². The van der Waals surface area contributed by atoms with Crippen LogP contribution in [0.4, 0.5) is 0 Å². The molecule has 108 valence electrons. The van der Waals surface area contributed by atoms with E-state index in [4.69, 9.17) is 10.5 Å². The molecule has 3 unspecified atom stereocenters. The predicted molar refractivity (Wildman–Crippen MR) is 70.3 cm³/mol. The molecule has 0 spiro atoms. The zero-order valence-electron chi connectivity index (χ0n) is 11.4. The minimum Gasteiger partial charge on any atom is -0.377 e. The van der Waals surface area contributed by atoms with Crippen molar-refractivity contribution in [3.05, 3.63) is 0 Å². The molecule has 0 saturated carbocycles. The first-order valence-electron chi connectivity index (χ1n) is 7.04. The van der Waals surface area contributed by atoms with Gasteiger partial charge in [-0.2, -0.15) is 0 Å². The number of nitrogens with zero attached hydrogens (tertiary/aromatic N) is 1. The van der Waals surface area contributed by atoms with Gasteiger partial charge in [-0.05, 0) is 25.8 Å². The number of rotatable bonds is 5. The second-order valence-corrected chi connectivity index (χ2v) is 5.29. The molecule has 0 bridgehead atoms. The summed E-state index contributed by atoms with van der Waals surface area (Å²) in [4.78, 5) is 25.5. The Morgan fingerprint density at radius 2 is 2.21 bits per heavy atom. The Hall–Kier alpha value is -1.14. The lowest BCUT2D eigenvalue weighted by Gasteiger charge is -2.31. The molecule has 3 atom stereocenters. The van der Waals surface area contributed by atoms with Crippen molar-refractivity contribution in [2.75, 3.05) is 26.2 Å². The summed E-state index contributed by atoms with van der Waals surface area (Å²) in [5.74, 6) is -0.547. The molecule has 19 heavy (non-hydrogen) atoms. The molecule has 2 fully saturated rings. The number of amides is 2. The summed E-state index contributed by atoms with van der Waals surface area (Å²) in [5, 5.41) is 3.22. The van der Waals surface area contributed by atoms with Crippen molar-refractivity contribution in [2.45, 2.75) is 38.3 Å². The lowest BCUT2D eigenvalue weighted by Crippen LogP contribution is -2.49. The number of nitrogens with two attached hydrogens (primary N) is 1. The highest BCUT2D eigenvalue weighted by Crippen LogP contribution is 2.26. The van der Waals surface area contributed by atoms with Crippen LogP contribution >= 0.6 is 0 Å². The number of hydrogen-bond acceptors (Lipinski definition) is 4. The second kappa shape index (κ2) is 6.34. The highest BCUT2D eigenvalue weighted by molar-refractivity contribution is 5.86. The highest BCUT2D eigenvalue weighted by Gasteiger charge is 2.38. The van der Waals surface area contributed by atoms with E-state index in [0.717, 1.165) is 32.4 Å². The van der Waals surface area contributed by atoms with Crippen LogP contribution in [0.2, 0.25) is 0 Å². The largest absolute Gasteiger partial charge is 0.377 e. The van der Waals surface area contributed by atoms with E-state index in [1.807, 2.05) is 6.92 Å². The van der Waals surface area contributed by atoms with Crippen LogP contribution in [0.3, 0.4) is 0 Å². The maximum Gasteiger partial charge on any atom is 0.237 e. The Balaban J connectivity index is 2.07. The standard InChI is InChI=1S/C13H23N3O3/c1-2-11-10(4-6-19-11)13(18)16(8-12(14)17)9-3-5-15-7-9/h9-11,15H,2-8H2,1H3,(H2,14,17). The maximum atomic E-state index is 12.6. The molecule has 0 aliphatic carbocycles. The normalized spacial score (nSPS) is 30.5. The summed E-state index contributed by atoms with van der Waals surface area (Å²) < 4.78 is 5.57. The molecule has 0 aromatic heterocycles. The molecule has 2 heterocycles. The Bertz CT molecular complexity index is 342. The van der Waals surface area contributed by atoms with Crippen LogP contribution in [0.25, 0.3) is 0 Å². The fourth-order valence-corrected chi connectivity index (χ4v) is 3.01. The first-order chi connectivity index (χ1) is 9.13. The Kier molecular flexibility index (Phi) is 4.76. The van der Waals surface area contributed by atoms with E-state index in [1.165, 1.54) is 0 Å². The summed E-state index contributed by atoms with van der Waals surface area (Å²) in [6.07, 6.45) is 2.43. The van der Waals surface area contributed by atoms with Gasteiger partial charge in [0.25, 0.3) is 0 Å². The van der Waals surface area contributed by atoms with Gasteiger partial charge in [0, 0.05) is 19.2 Å². The van der Waals surface area contributed by atoms with Gasteiger partial charge in [-0.15, -0.1) is 0 Å². The third kappa shape index (κ3) is 3.25. The third-order valence-electron chi connectivity index (χ3n) is 4.01. The SMILES string of the molecule is CCC1OCCC1C(=O)N(CC(N)=O)C1CCNC1. The van der Waals surface area contributed by atoms with Crippen LogP contribution in [-0.4, -0.2) is 55.1 Å². The summed E-state index contributed by atoms with van der Waals surface area (Å²) in [7, 11) is 0. The molecule has 2 amide bonds. The number of primary amides is 1. The van der Waals surface area contributed by atoms with Crippen molar-refractivity contribution in [3.8, 4) is 0 Å². The Morgan fingerprint density at radius 3 is 2.79 bits per heavy atom.